The molecule has 0 N–H and O–H groups in total. The zero-order valence-electron chi connectivity index (χ0n) is 9.36. The molecule has 0 saturated heterocycles. The minimum Gasteiger partial charge on any atom is -0.497 e. The summed E-state index contributed by atoms with van der Waals surface area (Å²) in [6, 6.07) is 8.00. The van der Waals surface area contributed by atoms with Crippen molar-refractivity contribution in [2.75, 3.05) is 7.11 Å². The van der Waals surface area contributed by atoms with Crippen LogP contribution in [-0.2, 0) is 4.79 Å². The number of hydrogen-bond acceptors (Lipinski definition) is 2. The summed E-state index contributed by atoms with van der Waals surface area (Å²) >= 11 is 0. The van der Waals surface area contributed by atoms with E-state index in [-0.39, 0.29) is 11.3 Å². The van der Waals surface area contributed by atoms with Gasteiger partial charge in [0, 0.05) is 5.92 Å². The van der Waals surface area contributed by atoms with Gasteiger partial charge < -0.3 is 9.53 Å². The van der Waals surface area contributed by atoms with Gasteiger partial charge in [0.2, 0.25) is 0 Å². The molecule has 0 spiro atoms. The molecule has 2 atom stereocenters. The highest BCUT2D eigenvalue weighted by Gasteiger charge is 2.58. The summed E-state index contributed by atoms with van der Waals surface area (Å²) in [5.74, 6) is 1.41. The van der Waals surface area contributed by atoms with Crippen LogP contribution in [0.25, 0.3) is 0 Å². The molecule has 0 aromatic heterocycles. The summed E-state index contributed by atoms with van der Waals surface area (Å²) in [5.41, 5.74) is 1.36. The van der Waals surface area contributed by atoms with Crippen LogP contribution in [0.15, 0.2) is 24.3 Å². The molecule has 80 valence electrons. The Balaban J connectivity index is 2.22. The maximum Gasteiger partial charge on any atom is 0.124 e. The smallest absolute Gasteiger partial charge is 0.124 e. The fourth-order valence-corrected chi connectivity index (χ4v) is 2.38. The Hall–Kier alpha value is -1.31. The van der Waals surface area contributed by atoms with Crippen molar-refractivity contribution in [1.82, 2.24) is 0 Å². The van der Waals surface area contributed by atoms with E-state index < -0.39 is 0 Å². The van der Waals surface area contributed by atoms with Gasteiger partial charge in [0.1, 0.15) is 12.0 Å². The van der Waals surface area contributed by atoms with E-state index in [2.05, 4.69) is 26.0 Å². The fraction of sp³-hybridized carbons (Fsp3) is 0.462. The highest BCUT2D eigenvalue weighted by molar-refractivity contribution is 5.65. The van der Waals surface area contributed by atoms with Gasteiger partial charge in [-0.25, -0.2) is 0 Å². The molecular weight excluding hydrogens is 188 g/mol. The van der Waals surface area contributed by atoms with Gasteiger partial charge in [-0.05, 0) is 29.0 Å². The quantitative estimate of drug-likeness (QED) is 0.707. The summed E-state index contributed by atoms with van der Waals surface area (Å²) in [6.45, 7) is 4.28. The predicted octanol–water partition coefficient (Wildman–Crippen LogP) is 2.63. The summed E-state index contributed by atoms with van der Waals surface area (Å²) < 4.78 is 5.10. The number of benzene rings is 1. The van der Waals surface area contributed by atoms with Crippen LogP contribution in [0, 0.1) is 11.3 Å². The normalized spacial score (nSPS) is 27.1. The third-order valence-corrected chi connectivity index (χ3v) is 3.53. The number of aldehydes is 1. The summed E-state index contributed by atoms with van der Waals surface area (Å²) in [7, 11) is 1.66. The topological polar surface area (TPSA) is 26.3 Å². The minimum absolute atomic E-state index is 0.121. The molecule has 15 heavy (non-hydrogen) atoms. The number of carbonyl (C=O) groups is 1. The first-order valence-electron chi connectivity index (χ1n) is 5.20. The van der Waals surface area contributed by atoms with Crippen LogP contribution in [0.5, 0.6) is 5.75 Å². The Bertz CT molecular complexity index is 365. The molecule has 1 aliphatic rings. The van der Waals surface area contributed by atoms with Gasteiger partial charge in [-0.3, -0.25) is 0 Å². The summed E-state index contributed by atoms with van der Waals surface area (Å²) in [6.07, 6.45) is 1.08. The molecular formula is C13H16O2. The van der Waals surface area contributed by atoms with E-state index in [1.165, 1.54) is 5.56 Å². The molecule has 0 amide bonds. The van der Waals surface area contributed by atoms with Gasteiger partial charge in [-0.15, -0.1) is 0 Å². The van der Waals surface area contributed by atoms with Crippen molar-refractivity contribution in [1.29, 1.82) is 0 Å². The minimum atomic E-state index is 0.121. The van der Waals surface area contributed by atoms with Gasteiger partial charge in [0.05, 0.1) is 7.11 Å². The van der Waals surface area contributed by atoms with Gasteiger partial charge >= 0.3 is 0 Å². The molecule has 0 bridgehead atoms. The van der Waals surface area contributed by atoms with Crippen molar-refractivity contribution in [2.45, 2.75) is 19.8 Å². The molecule has 0 heterocycles. The summed E-state index contributed by atoms with van der Waals surface area (Å²) in [5, 5.41) is 0. The van der Waals surface area contributed by atoms with Crippen LogP contribution in [0.2, 0.25) is 0 Å². The second-order valence-electron chi connectivity index (χ2n) is 4.73. The lowest BCUT2D eigenvalue weighted by molar-refractivity contribution is -0.109. The number of rotatable bonds is 3. The lowest BCUT2D eigenvalue weighted by Gasteiger charge is -2.04. The van der Waals surface area contributed by atoms with Gasteiger partial charge in [0.25, 0.3) is 0 Å². The molecule has 0 radical (unpaired) electrons. The Morgan fingerprint density at radius 3 is 2.27 bits per heavy atom. The van der Waals surface area contributed by atoms with Crippen molar-refractivity contribution >= 4 is 6.29 Å². The highest BCUT2D eigenvalue weighted by atomic mass is 16.5. The Kier molecular flexibility index (Phi) is 2.29. The van der Waals surface area contributed by atoms with Crippen LogP contribution in [0.4, 0.5) is 0 Å². The molecule has 0 aliphatic heterocycles. The molecule has 1 aromatic rings. The van der Waals surface area contributed by atoms with E-state index in [1.807, 2.05) is 12.1 Å². The maximum atomic E-state index is 10.9. The second-order valence-corrected chi connectivity index (χ2v) is 4.73. The van der Waals surface area contributed by atoms with Crippen LogP contribution in [0.3, 0.4) is 0 Å². The lowest BCUT2D eigenvalue weighted by Crippen LogP contribution is -1.91. The van der Waals surface area contributed by atoms with E-state index in [0.717, 1.165) is 12.0 Å². The zero-order chi connectivity index (χ0) is 11.1. The molecule has 1 fully saturated rings. The van der Waals surface area contributed by atoms with Crippen LogP contribution in [-0.4, -0.2) is 13.4 Å². The van der Waals surface area contributed by atoms with E-state index in [9.17, 15) is 4.79 Å². The average molecular weight is 204 g/mol. The molecule has 1 saturated carbocycles. The van der Waals surface area contributed by atoms with Crippen molar-refractivity contribution in [3.8, 4) is 5.75 Å². The Morgan fingerprint density at radius 1 is 1.27 bits per heavy atom. The molecule has 2 heteroatoms. The standard InChI is InChI=1S/C13H16O2/c1-13(2)11(8-14)12(13)9-4-6-10(15-3)7-5-9/h4-8,11-12H,1-3H3. The highest BCUT2D eigenvalue weighted by Crippen LogP contribution is 2.63. The molecule has 2 rings (SSSR count). The van der Waals surface area contributed by atoms with Crippen molar-refractivity contribution in [3.05, 3.63) is 29.8 Å². The Morgan fingerprint density at radius 2 is 1.87 bits per heavy atom. The molecule has 1 aromatic carbocycles. The van der Waals surface area contributed by atoms with E-state index in [1.54, 1.807) is 7.11 Å². The van der Waals surface area contributed by atoms with E-state index >= 15 is 0 Å². The second kappa shape index (κ2) is 3.37. The SMILES string of the molecule is COc1ccc(C2C(C=O)C2(C)C)cc1. The van der Waals surface area contributed by atoms with Crippen molar-refractivity contribution in [3.63, 3.8) is 0 Å². The monoisotopic (exact) mass is 204 g/mol. The van der Waals surface area contributed by atoms with Crippen molar-refractivity contribution < 1.29 is 9.53 Å². The number of ether oxygens (including phenoxy) is 1. The van der Waals surface area contributed by atoms with Crippen LogP contribution >= 0.6 is 0 Å². The number of methoxy groups -OCH3 is 1. The first-order valence-corrected chi connectivity index (χ1v) is 5.20. The lowest BCUT2D eigenvalue weighted by atomic mass is 10.0. The largest absolute Gasteiger partial charge is 0.497 e. The third kappa shape index (κ3) is 1.54. The molecule has 2 nitrogen and oxygen atoms in total. The van der Waals surface area contributed by atoms with E-state index in [4.69, 9.17) is 4.74 Å². The fourth-order valence-electron chi connectivity index (χ4n) is 2.38. The first kappa shape index (κ1) is 10.2. The van der Waals surface area contributed by atoms with Gasteiger partial charge in [-0.1, -0.05) is 26.0 Å². The van der Waals surface area contributed by atoms with Gasteiger partial charge in [0.15, 0.2) is 0 Å². The first-order chi connectivity index (χ1) is 7.11. The van der Waals surface area contributed by atoms with Crippen molar-refractivity contribution in [2.24, 2.45) is 11.3 Å². The third-order valence-electron chi connectivity index (χ3n) is 3.53. The average Bonchev–Trinajstić information content (AvgIpc) is 2.80. The zero-order valence-corrected chi connectivity index (χ0v) is 9.36. The number of hydrogen-bond donors (Lipinski definition) is 0. The maximum absolute atomic E-state index is 10.9. The predicted molar refractivity (Wildman–Crippen MR) is 59.1 cm³/mol. The molecule has 2 unspecified atom stereocenters. The van der Waals surface area contributed by atoms with E-state index in [0.29, 0.717) is 5.92 Å². The number of carbonyl (C=O) groups excluding carboxylic acids is 1. The molecule has 1 aliphatic carbocycles. The summed E-state index contributed by atoms with van der Waals surface area (Å²) in [4.78, 5) is 10.9. The van der Waals surface area contributed by atoms with Crippen LogP contribution < -0.4 is 4.74 Å². The van der Waals surface area contributed by atoms with Gasteiger partial charge in [-0.2, -0.15) is 0 Å². The van der Waals surface area contributed by atoms with Crippen LogP contribution in [0.1, 0.15) is 25.3 Å². The Labute approximate surface area is 90.3 Å².